The summed E-state index contributed by atoms with van der Waals surface area (Å²) in [5, 5.41) is 9.11. The monoisotopic (exact) mass is 488 g/mol. The van der Waals surface area contributed by atoms with Crippen molar-refractivity contribution in [1.29, 1.82) is 5.26 Å². The minimum atomic E-state index is -4.12. The molecule has 0 bridgehead atoms. The number of nitrogens with zero attached hydrogens (tertiary/aromatic N) is 3. The molecule has 0 atom stereocenters. The zero-order valence-electron chi connectivity index (χ0n) is 18.9. The van der Waals surface area contributed by atoms with Crippen LogP contribution in [0.3, 0.4) is 0 Å². The Balaban J connectivity index is 1.81. The number of hydrogen-bond donors (Lipinski definition) is 1. The number of halogens is 1. The Morgan fingerprint density at radius 2 is 1.71 bits per heavy atom. The van der Waals surface area contributed by atoms with Crippen molar-refractivity contribution in [3.05, 3.63) is 95.8 Å². The Kier molecular flexibility index (Phi) is 6.75. The molecular formula is C26H21FN4O3S. The van der Waals surface area contributed by atoms with Gasteiger partial charge in [0.15, 0.2) is 11.6 Å². The molecule has 0 aliphatic heterocycles. The largest absolute Gasteiger partial charge is 0.436 e. The first-order valence-electron chi connectivity index (χ1n) is 10.7. The number of hydrogen-bond acceptors (Lipinski definition) is 6. The second-order valence-corrected chi connectivity index (χ2v) is 9.62. The van der Waals surface area contributed by atoms with Crippen LogP contribution in [0.15, 0.2) is 83.8 Å². The van der Waals surface area contributed by atoms with Gasteiger partial charge >= 0.3 is 0 Å². The third-order valence-corrected chi connectivity index (χ3v) is 6.44. The summed E-state index contributed by atoms with van der Waals surface area (Å²) in [6, 6.07) is 22.4. The van der Waals surface area contributed by atoms with Gasteiger partial charge in [0.2, 0.25) is 11.8 Å². The zero-order chi connectivity index (χ0) is 25.0. The van der Waals surface area contributed by atoms with Gasteiger partial charge in [0.05, 0.1) is 22.2 Å². The fourth-order valence-corrected chi connectivity index (χ4v) is 4.44. The molecule has 0 aliphatic rings. The standard InChI is InChI=1S/C26H21FN4O3S/c1-17(2)20-10-3-4-11-21(20)23-15-25(34-24-13-6-5-12-22(24)27)30-26(29-23)31-35(32,33)19-9-7-8-18(14-19)16-28/h3-15,17H,1-2H3,(H,29,30,31). The molecule has 4 rings (SSSR count). The highest BCUT2D eigenvalue weighted by atomic mass is 32.2. The highest BCUT2D eigenvalue weighted by molar-refractivity contribution is 7.92. The van der Waals surface area contributed by atoms with Crippen molar-refractivity contribution in [3.8, 4) is 29.0 Å². The summed E-state index contributed by atoms with van der Waals surface area (Å²) in [4.78, 5) is 8.47. The summed E-state index contributed by atoms with van der Waals surface area (Å²) in [6.45, 7) is 4.06. The Morgan fingerprint density at radius 1 is 0.971 bits per heavy atom. The predicted molar refractivity (Wildman–Crippen MR) is 130 cm³/mol. The van der Waals surface area contributed by atoms with Crippen molar-refractivity contribution in [2.75, 3.05) is 4.72 Å². The number of benzene rings is 3. The average Bonchev–Trinajstić information content (AvgIpc) is 2.85. The van der Waals surface area contributed by atoms with Gasteiger partial charge in [0.25, 0.3) is 10.0 Å². The summed E-state index contributed by atoms with van der Waals surface area (Å²) in [7, 11) is -4.12. The Hall–Kier alpha value is -4.29. The molecular weight excluding hydrogens is 467 g/mol. The molecule has 0 unspecified atom stereocenters. The topological polar surface area (TPSA) is 105 Å². The van der Waals surface area contributed by atoms with Crippen molar-refractivity contribution in [2.45, 2.75) is 24.7 Å². The second-order valence-electron chi connectivity index (χ2n) is 7.93. The molecule has 1 heterocycles. The van der Waals surface area contributed by atoms with Crippen molar-refractivity contribution < 1.29 is 17.5 Å². The first-order valence-corrected chi connectivity index (χ1v) is 12.2. The van der Waals surface area contributed by atoms with E-state index in [0.717, 1.165) is 11.1 Å². The Morgan fingerprint density at radius 3 is 2.46 bits per heavy atom. The molecule has 9 heteroatoms. The van der Waals surface area contributed by atoms with Crippen LogP contribution < -0.4 is 9.46 Å². The van der Waals surface area contributed by atoms with Gasteiger partial charge in [-0.1, -0.05) is 56.3 Å². The second kappa shape index (κ2) is 9.91. The molecule has 0 aliphatic carbocycles. The van der Waals surface area contributed by atoms with E-state index in [9.17, 15) is 12.8 Å². The minimum Gasteiger partial charge on any atom is -0.436 e. The number of anilines is 1. The molecule has 1 aromatic heterocycles. The number of nitrogens with one attached hydrogen (secondary N) is 1. The predicted octanol–water partition coefficient (Wildman–Crippen LogP) is 5.87. The molecule has 0 fully saturated rings. The van der Waals surface area contributed by atoms with Gasteiger partial charge in [0, 0.05) is 11.6 Å². The van der Waals surface area contributed by atoms with Gasteiger partial charge in [-0.2, -0.15) is 10.2 Å². The minimum absolute atomic E-state index is 0.0397. The van der Waals surface area contributed by atoms with Crippen LogP contribution in [0, 0.1) is 17.1 Å². The maximum Gasteiger partial charge on any atom is 0.264 e. The van der Waals surface area contributed by atoms with Crippen LogP contribution in [0.4, 0.5) is 10.3 Å². The molecule has 176 valence electrons. The molecule has 0 saturated heterocycles. The fourth-order valence-electron chi connectivity index (χ4n) is 3.45. The van der Waals surface area contributed by atoms with Crippen molar-refractivity contribution >= 4 is 16.0 Å². The smallest absolute Gasteiger partial charge is 0.264 e. The number of sulfonamides is 1. The van der Waals surface area contributed by atoms with E-state index in [0.29, 0.717) is 5.69 Å². The third-order valence-electron chi connectivity index (χ3n) is 5.11. The lowest BCUT2D eigenvalue weighted by Crippen LogP contribution is -2.16. The van der Waals surface area contributed by atoms with Gasteiger partial charge in [-0.3, -0.25) is 0 Å². The number of para-hydroxylation sites is 1. The van der Waals surface area contributed by atoms with E-state index in [2.05, 4.69) is 14.7 Å². The molecule has 0 spiro atoms. The van der Waals surface area contributed by atoms with Crippen LogP contribution in [0.25, 0.3) is 11.3 Å². The van der Waals surface area contributed by atoms with Gasteiger partial charge in [0.1, 0.15) is 0 Å². The highest BCUT2D eigenvalue weighted by Crippen LogP contribution is 2.32. The lowest BCUT2D eigenvalue weighted by molar-refractivity contribution is 0.427. The lowest BCUT2D eigenvalue weighted by atomic mass is 9.95. The summed E-state index contributed by atoms with van der Waals surface area (Å²) >= 11 is 0. The summed E-state index contributed by atoms with van der Waals surface area (Å²) in [5.74, 6) is -0.793. The number of ether oxygens (including phenoxy) is 1. The molecule has 35 heavy (non-hydrogen) atoms. The highest BCUT2D eigenvalue weighted by Gasteiger charge is 2.20. The van der Waals surface area contributed by atoms with Gasteiger partial charge < -0.3 is 4.74 Å². The number of aromatic nitrogens is 2. The van der Waals surface area contributed by atoms with E-state index in [1.165, 1.54) is 48.5 Å². The van der Waals surface area contributed by atoms with Crippen LogP contribution in [-0.4, -0.2) is 18.4 Å². The molecule has 3 aromatic carbocycles. The van der Waals surface area contributed by atoms with Crippen molar-refractivity contribution in [3.63, 3.8) is 0 Å². The third kappa shape index (κ3) is 5.45. The molecule has 7 nitrogen and oxygen atoms in total. The van der Waals surface area contributed by atoms with Crippen molar-refractivity contribution in [1.82, 2.24) is 9.97 Å². The van der Waals surface area contributed by atoms with E-state index in [-0.39, 0.29) is 34.0 Å². The van der Waals surface area contributed by atoms with E-state index in [4.69, 9.17) is 10.00 Å². The van der Waals surface area contributed by atoms with Crippen LogP contribution in [0.1, 0.15) is 30.9 Å². The SMILES string of the molecule is CC(C)c1ccccc1-c1cc(Oc2ccccc2F)nc(NS(=O)(=O)c2cccc(C#N)c2)n1. The molecule has 0 radical (unpaired) electrons. The first-order chi connectivity index (χ1) is 16.8. The van der Waals surface area contributed by atoms with E-state index in [1.807, 2.05) is 44.2 Å². The maximum atomic E-state index is 14.2. The van der Waals surface area contributed by atoms with Crippen LogP contribution in [0.2, 0.25) is 0 Å². The quantitative estimate of drug-likeness (QED) is 0.349. The molecule has 0 saturated carbocycles. The molecule has 0 amide bonds. The van der Waals surface area contributed by atoms with E-state index < -0.39 is 15.8 Å². The van der Waals surface area contributed by atoms with Crippen molar-refractivity contribution in [2.24, 2.45) is 0 Å². The Bertz CT molecular complexity index is 1530. The summed E-state index contributed by atoms with van der Waals surface area (Å²) in [5.41, 5.74) is 2.34. The van der Waals surface area contributed by atoms with Crippen LogP contribution >= 0.6 is 0 Å². The summed E-state index contributed by atoms with van der Waals surface area (Å²) < 4.78 is 48.3. The molecule has 4 aromatic rings. The maximum absolute atomic E-state index is 14.2. The average molecular weight is 489 g/mol. The number of rotatable bonds is 7. The van der Waals surface area contributed by atoms with Gasteiger partial charge in [-0.15, -0.1) is 0 Å². The van der Waals surface area contributed by atoms with E-state index in [1.54, 1.807) is 6.07 Å². The summed E-state index contributed by atoms with van der Waals surface area (Å²) in [6.07, 6.45) is 0. The van der Waals surface area contributed by atoms with Crippen LogP contribution in [0.5, 0.6) is 11.6 Å². The zero-order valence-corrected chi connectivity index (χ0v) is 19.8. The fraction of sp³-hybridized carbons (Fsp3) is 0.115. The van der Waals surface area contributed by atoms with Crippen LogP contribution in [-0.2, 0) is 10.0 Å². The lowest BCUT2D eigenvalue weighted by Gasteiger charge is -2.15. The first kappa shape index (κ1) is 23.9. The van der Waals surface area contributed by atoms with Gasteiger partial charge in [-0.25, -0.2) is 22.5 Å². The van der Waals surface area contributed by atoms with Gasteiger partial charge in [-0.05, 0) is 41.8 Å². The Labute approximate surface area is 202 Å². The number of nitriles is 1. The molecule has 1 N–H and O–H groups in total. The normalized spacial score (nSPS) is 11.2. The van der Waals surface area contributed by atoms with E-state index >= 15 is 0 Å².